The fraction of sp³-hybridized carbons (Fsp3) is 0.632. The maximum absolute atomic E-state index is 12.6. The Hall–Kier alpha value is -0.620. The molecule has 1 saturated heterocycles. The van der Waals surface area contributed by atoms with Crippen LogP contribution in [0.15, 0.2) is 29.3 Å². The molecule has 10 heteroatoms. The molecule has 2 unspecified atom stereocenters. The van der Waals surface area contributed by atoms with Crippen molar-refractivity contribution in [1.82, 2.24) is 14.9 Å². The lowest BCUT2D eigenvalue weighted by Crippen LogP contribution is -2.49. The fourth-order valence-electron chi connectivity index (χ4n) is 3.12. The molecule has 2 rings (SSSR count). The fourth-order valence-corrected chi connectivity index (χ4v) is 4.79. The molecular weight excluding hydrogens is 527 g/mol. The number of guanidine groups is 1. The number of nitrogens with one attached hydrogen (secondary N) is 2. The molecule has 1 aliphatic rings. The predicted molar refractivity (Wildman–Crippen MR) is 130 cm³/mol. The summed E-state index contributed by atoms with van der Waals surface area (Å²) in [4.78, 5) is 4.41. The van der Waals surface area contributed by atoms with Gasteiger partial charge in [-0.15, -0.1) is 24.0 Å². The van der Waals surface area contributed by atoms with E-state index in [1.165, 1.54) is 4.31 Å². The van der Waals surface area contributed by atoms with Crippen molar-refractivity contribution in [2.75, 3.05) is 38.5 Å². The Bertz CT molecular complexity index is 754. The van der Waals surface area contributed by atoms with E-state index < -0.39 is 10.0 Å². The van der Waals surface area contributed by atoms with E-state index in [0.29, 0.717) is 32.1 Å². The summed E-state index contributed by atoms with van der Waals surface area (Å²) in [5.41, 5.74) is 1.13. The number of hydrogen-bond acceptors (Lipinski definition) is 4. The van der Waals surface area contributed by atoms with Crippen molar-refractivity contribution >= 4 is 51.6 Å². The highest BCUT2D eigenvalue weighted by Gasteiger charge is 2.30. The Kier molecular flexibility index (Phi) is 11.8. The Labute approximate surface area is 196 Å². The molecule has 0 amide bonds. The average Bonchev–Trinajstić information content (AvgIpc) is 2.61. The van der Waals surface area contributed by atoms with Crippen LogP contribution in [0.2, 0.25) is 5.02 Å². The lowest BCUT2D eigenvalue weighted by molar-refractivity contribution is -0.0440. The Morgan fingerprint density at radius 3 is 2.59 bits per heavy atom. The third kappa shape index (κ3) is 9.37. The maximum Gasteiger partial charge on any atom is 0.216 e. The first-order valence-corrected chi connectivity index (χ1v) is 11.7. The summed E-state index contributed by atoms with van der Waals surface area (Å²) in [5, 5.41) is 7.10. The van der Waals surface area contributed by atoms with Gasteiger partial charge in [0.15, 0.2) is 5.96 Å². The van der Waals surface area contributed by atoms with Crippen molar-refractivity contribution in [3.05, 3.63) is 34.9 Å². The third-order valence-corrected chi connectivity index (χ3v) is 6.36. The monoisotopic (exact) mass is 558 g/mol. The van der Waals surface area contributed by atoms with Crippen molar-refractivity contribution in [3.8, 4) is 0 Å². The molecule has 1 aromatic rings. The van der Waals surface area contributed by atoms with Crippen LogP contribution in [0.1, 0.15) is 26.3 Å². The van der Waals surface area contributed by atoms with E-state index in [-0.39, 0.29) is 48.5 Å². The first-order valence-electron chi connectivity index (χ1n) is 9.70. The van der Waals surface area contributed by atoms with Crippen molar-refractivity contribution in [3.63, 3.8) is 0 Å². The molecule has 0 spiro atoms. The lowest BCUT2D eigenvalue weighted by atomic mass is 10.1. The van der Waals surface area contributed by atoms with Crippen molar-refractivity contribution < 1.29 is 13.2 Å². The molecule has 0 saturated carbocycles. The normalized spacial score (nSPS) is 20.8. The molecule has 0 aliphatic carbocycles. The lowest BCUT2D eigenvalue weighted by Gasteiger charge is -2.34. The molecular formula is C19H32ClIN4O3S. The van der Waals surface area contributed by atoms with E-state index in [9.17, 15) is 8.42 Å². The number of nitrogens with zero attached hydrogens (tertiary/aromatic N) is 2. The summed E-state index contributed by atoms with van der Waals surface area (Å²) in [7, 11) is -3.35. The van der Waals surface area contributed by atoms with Crippen LogP contribution in [0, 0.1) is 0 Å². The summed E-state index contributed by atoms with van der Waals surface area (Å²) in [5.74, 6) is 0.598. The van der Waals surface area contributed by atoms with E-state index in [1.54, 1.807) is 0 Å². The highest BCUT2D eigenvalue weighted by molar-refractivity contribution is 14.0. The maximum atomic E-state index is 12.6. The average molecular weight is 559 g/mol. The molecule has 29 heavy (non-hydrogen) atoms. The highest BCUT2D eigenvalue weighted by Crippen LogP contribution is 2.15. The topological polar surface area (TPSA) is 83.0 Å². The van der Waals surface area contributed by atoms with Gasteiger partial charge in [-0.3, -0.25) is 4.99 Å². The molecule has 1 fully saturated rings. The van der Waals surface area contributed by atoms with Crippen LogP contribution in [0.3, 0.4) is 0 Å². The smallest absolute Gasteiger partial charge is 0.216 e. The predicted octanol–water partition coefficient (Wildman–Crippen LogP) is 2.49. The minimum absolute atomic E-state index is 0. The first-order chi connectivity index (χ1) is 13.3. The second-order valence-electron chi connectivity index (χ2n) is 6.96. The van der Waals surface area contributed by atoms with Crippen LogP contribution in [0.25, 0.3) is 0 Å². The van der Waals surface area contributed by atoms with Crippen molar-refractivity contribution in [2.45, 2.75) is 39.4 Å². The molecule has 1 heterocycles. The molecule has 0 bridgehead atoms. The number of morpholine rings is 1. The zero-order chi connectivity index (χ0) is 20.6. The number of aliphatic imine (C=N–C) groups is 1. The zero-order valence-electron chi connectivity index (χ0n) is 17.2. The molecule has 1 aromatic carbocycles. The number of hydrogen-bond donors (Lipinski definition) is 2. The van der Waals surface area contributed by atoms with Crippen LogP contribution >= 0.6 is 35.6 Å². The van der Waals surface area contributed by atoms with Gasteiger partial charge >= 0.3 is 0 Å². The molecule has 7 nitrogen and oxygen atoms in total. The summed E-state index contributed by atoms with van der Waals surface area (Å²) >= 11 is 6.00. The van der Waals surface area contributed by atoms with Gasteiger partial charge in [0.05, 0.1) is 24.5 Å². The second-order valence-corrected chi connectivity index (χ2v) is 9.48. The number of ether oxygens (including phenoxy) is 1. The second kappa shape index (κ2) is 12.9. The molecule has 2 N–H and O–H groups in total. The Morgan fingerprint density at radius 2 is 1.97 bits per heavy atom. The van der Waals surface area contributed by atoms with Crippen LogP contribution < -0.4 is 10.6 Å². The van der Waals surface area contributed by atoms with Gasteiger partial charge in [-0.1, -0.05) is 23.7 Å². The Balaban J connectivity index is 0.00000420. The SMILES string of the molecule is CCNC(=NCCS(=O)(=O)N1CC(C)OC(C)C1)NCCc1cccc(Cl)c1.I. The van der Waals surface area contributed by atoms with Crippen molar-refractivity contribution in [1.29, 1.82) is 0 Å². The highest BCUT2D eigenvalue weighted by atomic mass is 127. The van der Waals surface area contributed by atoms with Crippen LogP contribution in [-0.2, 0) is 21.2 Å². The third-order valence-electron chi connectivity index (χ3n) is 4.34. The zero-order valence-corrected chi connectivity index (χ0v) is 21.1. The van der Waals surface area contributed by atoms with Crippen molar-refractivity contribution in [2.24, 2.45) is 4.99 Å². The Morgan fingerprint density at radius 1 is 1.28 bits per heavy atom. The standard InChI is InChI=1S/C19H31ClN4O3S.HI/c1-4-21-19(22-9-8-17-6-5-7-18(20)12-17)23-10-11-28(25,26)24-13-15(2)27-16(3)14-24;/h5-7,12,15-16H,4,8-11,13-14H2,1-3H3,(H2,21,22,23);1H. The minimum atomic E-state index is -3.35. The molecule has 2 atom stereocenters. The van der Waals surface area contributed by atoms with Gasteiger partial charge < -0.3 is 15.4 Å². The summed E-state index contributed by atoms with van der Waals surface area (Å²) < 4.78 is 32.3. The molecule has 0 radical (unpaired) electrons. The van der Waals surface area contributed by atoms with Gasteiger partial charge in [0.1, 0.15) is 0 Å². The number of rotatable bonds is 8. The van der Waals surface area contributed by atoms with Crippen LogP contribution in [0.5, 0.6) is 0 Å². The first kappa shape index (κ1) is 26.4. The summed E-state index contributed by atoms with van der Waals surface area (Å²) in [6.45, 7) is 8.14. The van der Waals surface area contributed by atoms with Crippen LogP contribution in [-0.4, -0.2) is 69.4 Å². The van der Waals surface area contributed by atoms with E-state index in [2.05, 4.69) is 15.6 Å². The van der Waals surface area contributed by atoms with E-state index in [0.717, 1.165) is 17.0 Å². The molecule has 0 aromatic heterocycles. The molecule has 1 aliphatic heterocycles. The quantitative estimate of drug-likeness (QED) is 0.291. The minimum Gasteiger partial charge on any atom is -0.373 e. The largest absolute Gasteiger partial charge is 0.373 e. The van der Waals surface area contributed by atoms with E-state index >= 15 is 0 Å². The molecule has 166 valence electrons. The van der Waals surface area contributed by atoms with Gasteiger partial charge in [0, 0.05) is 31.2 Å². The van der Waals surface area contributed by atoms with Gasteiger partial charge in [-0.2, -0.15) is 4.31 Å². The number of sulfonamides is 1. The van der Waals surface area contributed by atoms with Gasteiger partial charge in [0.2, 0.25) is 10.0 Å². The van der Waals surface area contributed by atoms with Gasteiger partial charge in [0.25, 0.3) is 0 Å². The van der Waals surface area contributed by atoms with E-state index in [1.807, 2.05) is 45.0 Å². The number of benzene rings is 1. The number of halogens is 2. The van der Waals surface area contributed by atoms with Gasteiger partial charge in [-0.05, 0) is 44.9 Å². The van der Waals surface area contributed by atoms with E-state index in [4.69, 9.17) is 16.3 Å². The van der Waals surface area contributed by atoms with Gasteiger partial charge in [-0.25, -0.2) is 8.42 Å². The van der Waals surface area contributed by atoms with Crippen LogP contribution in [0.4, 0.5) is 0 Å². The summed E-state index contributed by atoms with van der Waals surface area (Å²) in [6.07, 6.45) is 0.618. The summed E-state index contributed by atoms with van der Waals surface area (Å²) in [6, 6.07) is 7.73.